The topological polar surface area (TPSA) is 19.6 Å². The number of nitrogens with zero attached hydrogens (tertiary/aromatic N) is 2. The van der Waals surface area contributed by atoms with E-state index in [1.165, 1.54) is 118 Å². The molecule has 3 nitrogen and oxygen atoms in total. The number of rotatable bonds is 4. The van der Waals surface area contributed by atoms with Gasteiger partial charge in [-0.05, 0) is 193 Å². The van der Waals surface area contributed by atoms with Gasteiger partial charge in [0.1, 0.15) is 5.58 Å². The van der Waals surface area contributed by atoms with Gasteiger partial charge in [0.25, 0.3) is 6.71 Å². The summed E-state index contributed by atoms with van der Waals surface area (Å²) in [7, 11) is -2.01. The highest BCUT2D eigenvalue weighted by atomic mass is 28.3. The molecule has 0 amide bonds. The minimum absolute atomic E-state index is 0.00456. The third-order valence-electron chi connectivity index (χ3n) is 20.1. The molecule has 0 fully saturated rings. The molecule has 0 N–H and O–H groups in total. The van der Waals surface area contributed by atoms with Crippen molar-refractivity contribution >= 4 is 81.7 Å². The maximum Gasteiger partial charge on any atom is 0.297 e. The number of anilines is 6. The summed E-state index contributed by atoms with van der Waals surface area (Å²) >= 11 is 0. The van der Waals surface area contributed by atoms with E-state index in [1.807, 2.05) is 0 Å². The van der Waals surface area contributed by atoms with E-state index in [0.717, 1.165) is 43.3 Å². The average molecular weight is 1010 g/mol. The molecule has 0 unspecified atom stereocenters. The Morgan fingerprint density at radius 1 is 0.493 bits per heavy atom. The molecular weight excluding hydrogens is 924 g/mol. The highest BCUT2D eigenvalue weighted by Crippen LogP contribution is 2.56. The molecule has 2 aliphatic heterocycles. The number of furan rings is 1. The second kappa shape index (κ2) is 15.9. The first-order valence-electron chi connectivity index (χ1n) is 28.8. The largest absolute Gasteiger partial charge is 0.468 e. The van der Waals surface area contributed by atoms with Crippen LogP contribution in [0.3, 0.4) is 0 Å². The Balaban J connectivity index is 1.28. The van der Waals surface area contributed by atoms with Gasteiger partial charge in [-0.3, -0.25) is 0 Å². The number of fused-ring (bicyclic) bond motifs is 9. The molecule has 5 aliphatic rings. The smallest absolute Gasteiger partial charge is 0.297 e. The standard InChI is InChI=1S/C70H85BN2OSi/c1-42-33-44(64(2,3)4)25-26-55(42)73-59-35-45(75(17,18)19)34-58-61(59)71(63-62(73)47-37-49-53(41-60(47)74-63)70(15,16)32-28-66(49,7)8)54-38-50-52(69(13,14)31-29-67(50,9)10)40-57(54)72(58)56-39-51-48(65(5,6)27-30-68(51,11)12)36-46(56)43-23-21-20-22-24-43/h20-26,33-41H,27-32H2,1-19H3. The highest BCUT2D eigenvalue weighted by Gasteiger charge is 2.51. The van der Waals surface area contributed by atoms with Crippen molar-refractivity contribution in [1.29, 1.82) is 0 Å². The van der Waals surface area contributed by atoms with Crippen molar-refractivity contribution in [3.05, 3.63) is 142 Å². The van der Waals surface area contributed by atoms with E-state index in [9.17, 15) is 0 Å². The van der Waals surface area contributed by atoms with E-state index < -0.39 is 8.07 Å². The monoisotopic (exact) mass is 1010 g/mol. The molecule has 1 aromatic heterocycles. The van der Waals surface area contributed by atoms with Crippen molar-refractivity contribution in [2.75, 3.05) is 9.80 Å². The van der Waals surface area contributed by atoms with Gasteiger partial charge in [0.15, 0.2) is 0 Å². The van der Waals surface area contributed by atoms with Crippen LogP contribution >= 0.6 is 0 Å². The van der Waals surface area contributed by atoms with Gasteiger partial charge in [-0.1, -0.05) is 177 Å². The summed E-state index contributed by atoms with van der Waals surface area (Å²) in [5.41, 5.74) is 26.6. The second-order valence-corrected chi connectivity index (χ2v) is 35.4. The molecule has 75 heavy (non-hydrogen) atoms. The van der Waals surface area contributed by atoms with Gasteiger partial charge in [-0.2, -0.15) is 0 Å². The van der Waals surface area contributed by atoms with Gasteiger partial charge in [0.2, 0.25) is 0 Å². The summed E-state index contributed by atoms with van der Waals surface area (Å²) in [6.07, 6.45) is 6.95. The van der Waals surface area contributed by atoms with Gasteiger partial charge in [-0.15, -0.1) is 0 Å². The maximum atomic E-state index is 7.84. The van der Waals surface area contributed by atoms with Crippen LogP contribution in [0.4, 0.5) is 34.1 Å². The summed E-state index contributed by atoms with van der Waals surface area (Å²) in [5, 5.41) is 2.70. The first-order valence-corrected chi connectivity index (χ1v) is 32.3. The van der Waals surface area contributed by atoms with Crippen molar-refractivity contribution in [3.63, 3.8) is 0 Å². The number of hydrogen-bond acceptors (Lipinski definition) is 3. The van der Waals surface area contributed by atoms with E-state index >= 15 is 0 Å². The van der Waals surface area contributed by atoms with E-state index in [-0.39, 0.29) is 44.6 Å². The molecule has 6 aromatic carbocycles. The summed E-state index contributed by atoms with van der Waals surface area (Å²) in [6.45, 7) is 46.7. The van der Waals surface area contributed by atoms with Gasteiger partial charge in [0.05, 0.1) is 25.1 Å². The van der Waals surface area contributed by atoms with Crippen LogP contribution in [-0.2, 0) is 37.9 Å². The van der Waals surface area contributed by atoms with Gasteiger partial charge in [-0.25, -0.2) is 0 Å². The molecular formula is C70H85BN2OSi. The molecule has 3 heterocycles. The number of aryl methyl sites for hydroxylation is 1. The fraction of sp³-hybridized carbons (Fsp3) is 0.457. The lowest BCUT2D eigenvalue weighted by atomic mass is 9.35. The molecule has 0 saturated carbocycles. The van der Waals surface area contributed by atoms with Crippen LogP contribution in [-0.4, -0.2) is 14.8 Å². The Kier molecular flexibility index (Phi) is 10.7. The van der Waals surface area contributed by atoms with Crippen molar-refractivity contribution in [2.45, 2.75) is 207 Å². The van der Waals surface area contributed by atoms with E-state index in [2.05, 4.69) is 237 Å². The van der Waals surface area contributed by atoms with Gasteiger partial charge in [0, 0.05) is 33.7 Å². The maximum absolute atomic E-state index is 7.84. The molecule has 0 spiro atoms. The molecule has 0 bridgehead atoms. The molecule has 0 atom stereocenters. The average Bonchev–Trinajstić information content (AvgIpc) is 3.79. The van der Waals surface area contributed by atoms with Gasteiger partial charge >= 0.3 is 0 Å². The van der Waals surface area contributed by atoms with Crippen LogP contribution in [0.5, 0.6) is 0 Å². The summed E-state index contributed by atoms with van der Waals surface area (Å²) < 4.78 is 7.84. The number of benzene rings is 6. The lowest BCUT2D eigenvalue weighted by Gasteiger charge is -2.48. The SMILES string of the molecule is Cc1cc(C(C)(C)C)ccc1N1c2cc([Si](C)(C)C)cc3c2B(c2cc4c(cc2N3c2cc3c(cc2-c2ccccc2)C(C)(C)CCC3(C)C)C(C)(C)CCC4(C)C)c2oc3cc4c(cc3c21)C(C)(C)CCC4(C)C. The fourth-order valence-electron chi connectivity index (χ4n) is 14.6. The van der Waals surface area contributed by atoms with Crippen LogP contribution in [0.1, 0.15) is 187 Å². The summed E-state index contributed by atoms with van der Waals surface area (Å²) in [5.74, 6) is 0. The Bertz CT molecular complexity index is 3550. The normalized spacial score (nSPS) is 20.2. The lowest BCUT2D eigenvalue weighted by Crippen LogP contribution is -2.62. The molecule has 7 aromatic rings. The molecule has 0 saturated heterocycles. The van der Waals surface area contributed by atoms with Crippen molar-refractivity contribution in [3.8, 4) is 11.1 Å². The first-order chi connectivity index (χ1) is 34.8. The predicted molar refractivity (Wildman–Crippen MR) is 328 cm³/mol. The Morgan fingerprint density at radius 2 is 0.973 bits per heavy atom. The van der Waals surface area contributed by atoms with Crippen LogP contribution in [0.2, 0.25) is 19.6 Å². The zero-order chi connectivity index (χ0) is 53.7. The van der Waals surface area contributed by atoms with E-state index in [0.29, 0.717) is 0 Å². The second-order valence-electron chi connectivity index (χ2n) is 30.3. The lowest BCUT2D eigenvalue weighted by molar-refractivity contribution is 0.332. The van der Waals surface area contributed by atoms with Crippen LogP contribution in [0.15, 0.2) is 101 Å². The third-order valence-corrected chi connectivity index (χ3v) is 22.1. The zero-order valence-corrected chi connectivity index (χ0v) is 50.4. The quantitative estimate of drug-likeness (QED) is 0.164. The van der Waals surface area contributed by atoms with Crippen LogP contribution in [0, 0.1) is 6.92 Å². The molecule has 5 heteroatoms. The van der Waals surface area contributed by atoms with Crippen LogP contribution < -0.4 is 31.6 Å². The Hall–Kier alpha value is -5.26. The van der Waals surface area contributed by atoms with Crippen LogP contribution in [0.25, 0.3) is 22.1 Å². The number of hydrogen-bond donors (Lipinski definition) is 0. The Labute approximate surface area is 453 Å². The van der Waals surface area contributed by atoms with Crippen molar-refractivity contribution < 1.29 is 4.42 Å². The van der Waals surface area contributed by atoms with E-state index in [4.69, 9.17) is 4.42 Å². The Morgan fingerprint density at radius 3 is 1.49 bits per heavy atom. The first kappa shape index (κ1) is 50.6. The molecule has 388 valence electrons. The summed E-state index contributed by atoms with van der Waals surface area (Å²) in [6, 6.07) is 39.7. The molecule has 0 radical (unpaired) electrons. The van der Waals surface area contributed by atoms with Gasteiger partial charge < -0.3 is 14.2 Å². The van der Waals surface area contributed by atoms with E-state index in [1.54, 1.807) is 0 Å². The summed E-state index contributed by atoms with van der Waals surface area (Å²) in [4.78, 5) is 5.48. The van der Waals surface area contributed by atoms with Crippen molar-refractivity contribution in [1.82, 2.24) is 0 Å². The molecule has 12 rings (SSSR count). The third kappa shape index (κ3) is 7.60. The minimum Gasteiger partial charge on any atom is -0.468 e. The molecule has 3 aliphatic carbocycles. The van der Waals surface area contributed by atoms with Crippen molar-refractivity contribution in [2.24, 2.45) is 0 Å². The predicted octanol–water partition coefficient (Wildman–Crippen LogP) is 17.4. The minimum atomic E-state index is -2.01. The highest BCUT2D eigenvalue weighted by molar-refractivity contribution is 7.00. The zero-order valence-electron chi connectivity index (χ0n) is 49.4. The fourth-order valence-corrected chi connectivity index (χ4v) is 15.7.